The Labute approximate surface area is 145 Å². The predicted molar refractivity (Wildman–Crippen MR) is 92.4 cm³/mol. The van der Waals surface area contributed by atoms with Crippen LogP contribution in [0.2, 0.25) is 0 Å². The Morgan fingerprint density at radius 1 is 1.24 bits per heavy atom. The van der Waals surface area contributed by atoms with E-state index in [1.807, 2.05) is 31.2 Å². The number of nitrogen functional groups attached to an aromatic ring is 1. The Bertz CT molecular complexity index is 876. The van der Waals surface area contributed by atoms with Crippen LogP contribution in [0.25, 0.3) is 0 Å². The van der Waals surface area contributed by atoms with Gasteiger partial charge >= 0.3 is 0 Å². The van der Waals surface area contributed by atoms with E-state index in [0.717, 1.165) is 16.7 Å². The number of anilines is 1. The topological polar surface area (TPSA) is 112 Å². The molecule has 0 radical (unpaired) electrons. The Balaban J connectivity index is 1.87. The van der Waals surface area contributed by atoms with Gasteiger partial charge < -0.3 is 11.1 Å². The molecule has 0 aliphatic heterocycles. The highest BCUT2D eigenvalue weighted by molar-refractivity contribution is 5.77. The molecule has 25 heavy (non-hydrogen) atoms. The number of rotatable bonds is 5. The summed E-state index contributed by atoms with van der Waals surface area (Å²) in [6.45, 7) is 4.04. The fourth-order valence-corrected chi connectivity index (χ4v) is 2.52. The number of hydrogen-bond acceptors (Lipinski definition) is 6. The number of carbonyl (C=O) groups excluding carboxylic acids is 1. The molecule has 1 aromatic carbocycles. The van der Waals surface area contributed by atoms with Gasteiger partial charge in [-0.2, -0.15) is 0 Å². The highest BCUT2D eigenvalue weighted by atomic mass is 16.2. The number of pyridine rings is 1. The predicted octanol–water partition coefficient (Wildman–Crippen LogP) is 1.17. The number of nitrogens with two attached hydrogens (primary N) is 1. The second-order valence-corrected chi connectivity index (χ2v) is 5.83. The second kappa shape index (κ2) is 7.08. The minimum absolute atomic E-state index is 0.0551. The van der Waals surface area contributed by atoms with Crippen molar-refractivity contribution in [2.24, 2.45) is 0 Å². The molecular weight excluding hydrogens is 318 g/mol. The lowest BCUT2D eigenvalue weighted by Gasteiger charge is -2.20. The van der Waals surface area contributed by atoms with Crippen LogP contribution in [0.3, 0.4) is 0 Å². The number of aryl methyl sites for hydroxylation is 2. The summed E-state index contributed by atoms with van der Waals surface area (Å²) in [6, 6.07) is 9.57. The van der Waals surface area contributed by atoms with Gasteiger partial charge in [-0.3, -0.25) is 9.78 Å². The SMILES string of the molecule is Cc1ccc([C@H](NC(=O)Cn2nnnc2N)c2cccnc2)cc1C. The molecule has 1 amide bonds. The minimum Gasteiger partial charge on any atom is -0.367 e. The maximum atomic E-state index is 12.5. The highest BCUT2D eigenvalue weighted by Gasteiger charge is 2.19. The van der Waals surface area contributed by atoms with Crippen molar-refractivity contribution in [2.45, 2.75) is 26.4 Å². The summed E-state index contributed by atoms with van der Waals surface area (Å²) in [4.78, 5) is 16.6. The molecule has 0 unspecified atom stereocenters. The molecule has 0 bridgehead atoms. The molecule has 1 atom stereocenters. The third-order valence-electron chi connectivity index (χ3n) is 4.04. The van der Waals surface area contributed by atoms with Crippen molar-refractivity contribution >= 4 is 11.9 Å². The average Bonchev–Trinajstić information content (AvgIpc) is 3.01. The first-order valence-electron chi connectivity index (χ1n) is 7.82. The number of nitrogens with one attached hydrogen (secondary N) is 1. The maximum absolute atomic E-state index is 12.5. The van der Waals surface area contributed by atoms with Crippen molar-refractivity contribution in [3.63, 3.8) is 0 Å². The molecule has 0 fully saturated rings. The smallest absolute Gasteiger partial charge is 0.242 e. The summed E-state index contributed by atoms with van der Waals surface area (Å²) in [5, 5.41) is 13.7. The molecule has 0 saturated heterocycles. The Morgan fingerprint density at radius 2 is 2.08 bits per heavy atom. The highest BCUT2D eigenvalue weighted by Crippen LogP contribution is 2.23. The molecule has 0 aliphatic carbocycles. The fourth-order valence-electron chi connectivity index (χ4n) is 2.52. The molecule has 0 spiro atoms. The third-order valence-corrected chi connectivity index (χ3v) is 4.04. The van der Waals surface area contributed by atoms with Crippen molar-refractivity contribution in [3.05, 3.63) is 65.0 Å². The van der Waals surface area contributed by atoms with Crippen molar-refractivity contribution < 1.29 is 4.79 Å². The van der Waals surface area contributed by atoms with Crippen LogP contribution in [-0.4, -0.2) is 31.1 Å². The molecule has 128 valence electrons. The van der Waals surface area contributed by atoms with Crippen molar-refractivity contribution in [2.75, 3.05) is 5.73 Å². The lowest BCUT2D eigenvalue weighted by Crippen LogP contribution is -2.33. The van der Waals surface area contributed by atoms with E-state index in [2.05, 4.69) is 38.8 Å². The zero-order valence-corrected chi connectivity index (χ0v) is 14.0. The average molecular weight is 337 g/mol. The summed E-state index contributed by atoms with van der Waals surface area (Å²) < 4.78 is 1.25. The zero-order valence-electron chi connectivity index (χ0n) is 14.0. The van der Waals surface area contributed by atoms with E-state index in [1.165, 1.54) is 10.2 Å². The molecule has 0 saturated carbocycles. The molecule has 3 rings (SSSR count). The summed E-state index contributed by atoms with van der Waals surface area (Å²) >= 11 is 0. The molecule has 2 aromatic heterocycles. The first-order chi connectivity index (χ1) is 12.0. The standard InChI is InChI=1S/C17H19N7O/c1-11-5-6-13(8-12(11)2)16(14-4-3-7-19-9-14)20-15(25)10-24-17(18)21-22-23-24/h3-9,16H,10H2,1-2H3,(H,20,25)(H2,18,21,23)/t16-/m0/s1. The normalized spacial score (nSPS) is 11.9. The van der Waals surface area contributed by atoms with Gasteiger partial charge in [0.1, 0.15) is 6.54 Å². The molecule has 8 nitrogen and oxygen atoms in total. The van der Waals surface area contributed by atoms with Crippen molar-refractivity contribution in [3.8, 4) is 0 Å². The Morgan fingerprint density at radius 3 is 2.72 bits per heavy atom. The molecule has 3 aromatic rings. The molecular formula is C17H19N7O. The lowest BCUT2D eigenvalue weighted by molar-refractivity contribution is -0.122. The monoisotopic (exact) mass is 337 g/mol. The van der Waals surface area contributed by atoms with Crippen LogP contribution >= 0.6 is 0 Å². The number of amides is 1. The van der Waals surface area contributed by atoms with Crippen LogP contribution in [0, 0.1) is 13.8 Å². The zero-order chi connectivity index (χ0) is 17.8. The molecule has 8 heteroatoms. The van der Waals surface area contributed by atoms with E-state index >= 15 is 0 Å². The molecule has 0 aliphatic rings. The van der Waals surface area contributed by atoms with Gasteiger partial charge in [0.2, 0.25) is 11.9 Å². The fraction of sp³-hybridized carbons (Fsp3) is 0.235. The van der Waals surface area contributed by atoms with Gasteiger partial charge in [-0.15, -0.1) is 0 Å². The minimum atomic E-state index is -0.321. The molecule has 2 heterocycles. The third kappa shape index (κ3) is 3.79. The number of carbonyl (C=O) groups is 1. The Hall–Kier alpha value is -3.29. The van der Waals surface area contributed by atoms with Crippen LogP contribution in [0.1, 0.15) is 28.3 Å². The van der Waals surface area contributed by atoms with Gasteiger partial charge in [0.15, 0.2) is 0 Å². The summed E-state index contributed by atoms with van der Waals surface area (Å²) in [7, 11) is 0. The van der Waals surface area contributed by atoms with Crippen LogP contribution in [0.4, 0.5) is 5.95 Å². The van der Waals surface area contributed by atoms with Gasteiger partial charge in [-0.1, -0.05) is 29.4 Å². The van der Waals surface area contributed by atoms with E-state index in [4.69, 9.17) is 5.73 Å². The lowest BCUT2D eigenvalue weighted by atomic mass is 9.96. The number of aromatic nitrogens is 5. The summed E-state index contributed by atoms with van der Waals surface area (Å²) in [5.74, 6) is -0.148. The molecule has 3 N–H and O–H groups in total. The van der Waals surface area contributed by atoms with E-state index < -0.39 is 0 Å². The van der Waals surface area contributed by atoms with Crippen LogP contribution in [0.15, 0.2) is 42.7 Å². The summed E-state index contributed by atoms with van der Waals surface area (Å²) in [5.41, 5.74) is 9.84. The van der Waals surface area contributed by atoms with Crippen molar-refractivity contribution in [1.82, 2.24) is 30.5 Å². The van der Waals surface area contributed by atoms with Crippen LogP contribution in [0.5, 0.6) is 0 Å². The van der Waals surface area contributed by atoms with Crippen molar-refractivity contribution in [1.29, 1.82) is 0 Å². The van der Waals surface area contributed by atoms with E-state index in [0.29, 0.717) is 0 Å². The number of benzene rings is 1. The van der Waals surface area contributed by atoms with Gasteiger partial charge in [0.05, 0.1) is 6.04 Å². The van der Waals surface area contributed by atoms with Crippen LogP contribution in [-0.2, 0) is 11.3 Å². The first-order valence-corrected chi connectivity index (χ1v) is 7.82. The first kappa shape index (κ1) is 16.6. The van der Waals surface area contributed by atoms with E-state index in [9.17, 15) is 4.79 Å². The Kier molecular flexibility index (Phi) is 4.69. The largest absolute Gasteiger partial charge is 0.367 e. The second-order valence-electron chi connectivity index (χ2n) is 5.83. The number of hydrogen-bond donors (Lipinski definition) is 2. The van der Waals surface area contributed by atoms with Gasteiger partial charge in [-0.05, 0) is 52.6 Å². The van der Waals surface area contributed by atoms with Gasteiger partial charge in [0, 0.05) is 12.4 Å². The quantitative estimate of drug-likeness (QED) is 0.723. The maximum Gasteiger partial charge on any atom is 0.242 e. The van der Waals surface area contributed by atoms with Crippen LogP contribution < -0.4 is 11.1 Å². The van der Waals surface area contributed by atoms with Gasteiger partial charge in [-0.25, -0.2) is 4.68 Å². The van der Waals surface area contributed by atoms with E-state index in [1.54, 1.807) is 12.4 Å². The van der Waals surface area contributed by atoms with E-state index in [-0.39, 0.29) is 24.4 Å². The number of nitrogens with zero attached hydrogens (tertiary/aromatic N) is 5. The van der Waals surface area contributed by atoms with Gasteiger partial charge in [0.25, 0.3) is 0 Å². The number of tetrazole rings is 1. The summed E-state index contributed by atoms with van der Waals surface area (Å²) in [6.07, 6.45) is 3.44.